The van der Waals surface area contributed by atoms with Gasteiger partial charge in [-0.05, 0) is 30.9 Å². The van der Waals surface area contributed by atoms with Gasteiger partial charge in [-0.15, -0.1) is 0 Å². The summed E-state index contributed by atoms with van der Waals surface area (Å²) in [5, 5.41) is 0. The molecule has 1 aromatic carbocycles. The van der Waals surface area contributed by atoms with Crippen LogP contribution in [0.15, 0.2) is 41.5 Å². The third kappa shape index (κ3) is 3.95. The molecular weight excluding hydrogens is 321 g/mol. The lowest BCUT2D eigenvalue weighted by atomic mass is 9.89. The maximum absolute atomic E-state index is 13.6. The number of piperidine rings is 1. The van der Waals surface area contributed by atoms with Gasteiger partial charge in [-0.25, -0.2) is 9.37 Å². The van der Waals surface area contributed by atoms with Crippen molar-refractivity contribution in [3.63, 3.8) is 0 Å². The standard InChI is InChI=1S/C19H22FN3O2/c1-22-13-10-21-18(19(22)25)23-11-8-15(9-12-23)17(24)7-6-14-4-2-3-5-16(14)20/h2-5,10,13,15H,6-9,11-12H2,1H3. The van der Waals surface area contributed by atoms with Gasteiger partial charge in [0.25, 0.3) is 5.56 Å². The van der Waals surface area contributed by atoms with E-state index < -0.39 is 0 Å². The number of carbonyl (C=O) groups excluding carboxylic acids is 1. The highest BCUT2D eigenvalue weighted by Crippen LogP contribution is 2.22. The molecule has 0 spiro atoms. The van der Waals surface area contributed by atoms with Crippen molar-refractivity contribution in [3.8, 4) is 0 Å². The molecule has 1 fully saturated rings. The Morgan fingerprint density at radius 2 is 2.00 bits per heavy atom. The van der Waals surface area contributed by atoms with Crippen molar-refractivity contribution in [2.75, 3.05) is 18.0 Å². The molecule has 1 aliphatic heterocycles. The summed E-state index contributed by atoms with van der Waals surface area (Å²) in [6.07, 6.45) is 5.45. The van der Waals surface area contributed by atoms with Crippen molar-refractivity contribution in [1.82, 2.24) is 9.55 Å². The Hall–Kier alpha value is -2.50. The van der Waals surface area contributed by atoms with Crippen LogP contribution < -0.4 is 10.5 Å². The fraction of sp³-hybridized carbons (Fsp3) is 0.421. The number of rotatable bonds is 5. The molecule has 2 aromatic rings. The average Bonchev–Trinajstić information content (AvgIpc) is 2.63. The minimum absolute atomic E-state index is 0.0180. The first-order valence-corrected chi connectivity index (χ1v) is 8.59. The highest BCUT2D eigenvalue weighted by molar-refractivity contribution is 5.81. The summed E-state index contributed by atoms with van der Waals surface area (Å²) in [6.45, 7) is 1.28. The van der Waals surface area contributed by atoms with E-state index >= 15 is 0 Å². The third-order valence-corrected chi connectivity index (χ3v) is 4.85. The summed E-state index contributed by atoms with van der Waals surface area (Å²) >= 11 is 0. The summed E-state index contributed by atoms with van der Waals surface area (Å²) in [5.74, 6) is 0.353. The Kier molecular flexibility index (Phi) is 5.26. The van der Waals surface area contributed by atoms with E-state index in [0.29, 0.717) is 50.2 Å². The number of hydrogen-bond donors (Lipinski definition) is 0. The zero-order valence-corrected chi connectivity index (χ0v) is 14.3. The van der Waals surface area contributed by atoms with E-state index in [-0.39, 0.29) is 23.1 Å². The lowest BCUT2D eigenvalue weighted by Gasteiger charge is -2.31. The van der Waals surface area contributed by atoms with Crippen LogP contribution in [0.3, 0.4) is 0 Å². The molecule has 0 unspecified atom stereocenters. The molecule has 0 radical (unpaired) electrons. The summed E-state index contributed by atoms with van der Waals surface area (Å²) in [4.78, 5) is 30.7. The van der Waals surface area contributed by atoms with Gasteiger partial charge in [0.1, 0.15) is 11.6 Å². The van der Waals surface area contributed by atoms with Crippen LogP contribution in [0, 0.1) is 11.7 Å². The van der Waals surface area contributed by atoms with E-state index in [9.17, 15) is 14.0 Å². The molecule has 6 heteroatoms. The Labute approximate surface area is 146 Å². The lowest BCUT2D eigenvalue weighted by molar-refractivity contribution is -0.123. The van der Waals surface area contributed by atoms with Crippen LogP contribution in [0.2, 0.25) is 0 Å². The Balaban J connectivity index is 1.55. The van der Waals surface area contributed by atoms with E-state index in [4.69, 9.17) is 0 Å². The Morgan fingerprint density at radius 1 is 1.28 bits per heavy atom. The van der Waals surface area contributed by atoms with Crippen molar-refractivity contribution in [3.05, 3.63) is 58.4 Å². The molecule has 3 rings (SSSR count). The second-order valence-electron chi connectivity index (χ2n) is 6.49. The largest absolute Gasteiger partial charge is 0.352 e. The van der Waals surface area contributed by atoms with E-state index in [1.807, 2.05) is 4.90 Å². The smallest absolute Gasteiger partial charge is 0.293 e. The summed E-state index contributed by atoms with van der Waals surface area (Å²) in [6, 6.07) is 6.58. The van der Waals surface area contributed by atoms with E-state index in [2.05, 4.69) is 4.98 Å². The number of benzene rings is 1. The maximum atomic E-state index is 13.6. The van der Waals surface area contributed by atoms with Gasteiger partial charge >= 0.3 is 0 Å². The van der Waals surface area contributed by atoms with Crippen LogP contribution >= 0.6 is 0 Å². The highest BCUT2D eigenvalue weighted by Gasteiger charge is 2.26. The number of aromatic nitrogens is 2. The fourth-order valence-electron chi connectivity index (χ4n) is 3.28. The number of hydrogen-bond acceptors (Lipinski definition) is 4. The number of anilines is 1. The minimum atomic E-state index is -0.254. The van der Waals surface area contributed by atoms with Gasteiger partial charge in [-0.2, -0.15) is 0 Å². The minimum Gasteiger partial charge on any atom is -0.352 e. The molecule has 0 aliphatic carbocycles. The monoisotopic (exact) mass is 343 g/mol. The molecular formula is C19H22FN3O2. The van der Waals surface area contributed by atoms with Crippen LogP contribution in [-0.4, -0.2) is 28.4 Å². The number of Topliss-reactive ketones (excluding diaryl/α,β-unsaturated/α-hetero) is 1. The van der Waals surface area contributed by atoms with Crippen LogP contribution in [0.5, 0.6) is 0 Å². The number of ketones is 1. The second kappa shape index (κ2) is 7.59. The topological polar surface area (TPSA) is 55.2 Å². The van der Waals surface area contributed by atoms with Crippen LogP contribution in [0.1, 0.15) is 24.8 Å². The normalized spacial score (nSPS) is 15.4. The molecule has 0 bridgehead atoms. The van der Waals surface area contributed by atoms with Crippen molar-refractivity contribution in [2.24, 2.45) is 13.0 Å². The predicted molar refractivity (Wildman–Crippen MR) is 94.1 cm³/mol. The molecule has 1 aliphatic rings. The molecule has 25 heavy (non-hydrogen) atoms. The molecule has 1 aromatic heterocycles. The molecule has 0 atom stereocenters. The fourth-order valence-corrected chi connectivity index (χ4v) is 3.28. The zero-order valence-electron chi connectivity index (χ0n) is 14.3. The van der Waals surface area contributed by atoms with Crippen LogP contribution in [-0.2, 0) is 18.3 Å². The summed E-state index contributed by atoms with van der Waals surface area (Å²) in [5.41, 5.74) is 0.470. The van der Waals surface area contributed by atoms with E-state index in [1.54, 1.807) is 37.6 Å². The molecule has 1 saturated heterocycles. The first kappa shape index (κ1) is 17.3. The first-order chi connectivity index (χ1) is 12.1. The van der Waals surface area contributed by atoms with Crippen molar-refractivity contribution in [2.45, 2.75) is 25.7 Å². The van der Waals surface area contributed by atoms with Crippen LogP contribution in [0.25, 0.3) is 0 Å². The van der Waals surface area contributed by atoms with Crippen molar-refractivity contribution < 1.29 is 9.18 Å². The van der Waals surface area contributed by atoms with Crippen LogP contribution in [0.4, 0.5) is 10.2 Å². The third-order valence-electron chi connectivity index (χ3n) is 4.85. The number of aryl methyl sites for hydroxylation is 2. The molecule has 132 valence electrons. The quantitative estimate of drug-likeness (QED) is 0.836. The van der Waals surface area contributed by atoms with E-state index in [1.165, 1.54) is 10.6 Å². The maximum Gasteiger partial charge on any atom is 0.293 e. The number of nitrogens with zero attached hydrogens (tertiary/aromatic N) is 3. The Morgan fingerprint density at radius 3 is 2.72 bits per heavy atom. The van der Waals surface area contributed by atoms with E-state index in [0.717, 1.165) is 0 Å². The van der Waals surface area contributed by atoms with Gasteiger partial charge < -0.3 is 9.47 Å². The van der Waals surface area contributed by atoms with Gasteiger partial charge in [0, 0.05) is 44.9 Å². The number of halogens is 1. The van der Waals surface area contributed by atoms with Gasteiger partial charge in [0.2, 0.25) is 0 Å². The zero-order chi connectivity index (χ0) is 17.8. The van der Waals surface area contributed by atoms with Crippen molar-refractivity contribution >= 4 is 11.6 Å². The summed E-state index contributed by atoms with van der Waals surface area (Å²) in [7, 11) is 1.70. The molecule has 5 nitrogen and oxygen atoms in total. The average molecular weight is 343 g/mol. The first-order valence-electron chi connectivity index (χ1n) is 8.59. The van der Waals surface area contributed by atoms with Gasteiger partial charge in [-0.1, -0.05) is 18.2 Å². The molecule has 0 amide bonds. The SMILES string of the molecule is Cn1ccnc(N2CCC(C(=O)CCc3ccccc3F)CC2)c1=O. The molecule has 2 heterocycles. The van der Waals surface area contributed by atoms with Gasteiger partial charge in [-0.3, -0.25) is 9.59 Å². The van der Waals surface area contributed by atoms with Gasteiger partial charge in [0.15, 0.2) is 5.82 Å². The highest BCUT2D eigenvalue weighted by atomic mass is 19.1. The summed E-state index contributed by atoms with van der Waals surface area (Å²) < 4.78 is 15.1. The lowest BCUT2D eigenvalue weighted by Crippen LogP contribution is -2.40. The van der Waals surface area contributed by atoms with Crippen molar-refractivity contribution in [1.29, 1.82) is 0 Å². The predicted octanol–water partition coefficient (Wildman–Crippen LogP) is 2.34. The Bertz CT molecular complexity index is 810. The molecule has 0 N–H and O–H groups in total. The molecule has 0 saturated carbocycles. The number of carbonyl (C=O) groups is 1. The van der Waals surface area contributed by atoms with Gasteiger partial charge in [0.05, 0.1) is 0 Å². The second-order valence-corrected chi connectivity index (χ2v) is 6.49.